The molecule has 0 saturated carbocycles. The molecule has 2 rings (SSSR count). The Morgan fingerprint density at radius 2 is 1.88 bits per heavy atom. The summed E-state index contributed by atoms with van der Waals surface area (Å²) < 4.78 is 0. The summed E-state index contributed by atoms with van der Waals surface area (Å²) in [4.78, 5) is 25.7. The van der Waals surface area contributed by atoms with Gasteiger partial charge in [-0.2, -0.15) is 5.10 Å². The number of carboxylic acid groups (broad SMARTS) is 1. The number of carbonyl (C=O) groups is 2. The Morgan fingerprint density at radius 3 is 2.40 bits per heavy atom. The predicted molar refractivity (Wildman–Crippen MR) is 94.1 cm³/mol. The van der Waals surface area contributed by atoms with Crippen LogP contribution in [-0.2, 0) is 16.1 Å². The Labute approximate surface area is 147 Å². The van der Waals surface area contributed by atoms with Gasteiger partial charge in [0.05, 0.1) is 12.2 Å². The van der Waals surface area contributed by atoms with Crippen molar-refractivity contribution in [2.75, 3.05) is 13.6 Å². The van der Waals surface area contributed by atoms with E-state index in [4.69, 9.17) is 0 Å². The van der Waals surface area contributed by atoms with Crippen LogP contribution < -0.4 is 5.32 Å². The van der Waals surface area contributed by atoms with Crippen LogP contribution in [0.25, 0.3) is 0 Å². The highest BCUT2D eigenvalue weighted by molar-refractivity contribution is 5.86. The van der Waals surface area contributed by atoms with Gasteiger partial charge in [-0.3, -0.25) is 14.8 Å². The number of carbonyl (C=O) groups excluding carboxylic acids is 1. The molecular weight excluding hydrogens is 320 g/mol. The Bertz CT molecular complexity index is 733. The minimum atomic E-state index is -1.11. The highest BCUT2D eigenvalue weighted by Crippen LogP contribution is 2.20. The molecule has 7 nitrogen and oxygen atoms in total. The maximum atomic E-state index is 12.3. The van der Waals surface area contributed by atoms with E-state index in [0.29, 0.717) is 23.5 Å². The summed E-state index contributed by atoms with van der Waals surface area (Å²) in [7, 11) is 1.82. The normalized spacial score (nSPS) is 12.2. The van der Waals surface area contributed by atoms with Crippen LogP contribution in [0, 0.1) is 20.8 Å². The lowest BCUT2D eigenvalue weighted by molar-refractivity contribution is -0.142. The molecule has 0 aliphatic heterocycles. The minimum Gasteiger partial charge on any atom is -0.479 e. The number of aromatic amines is 1. The number of nitrogens with zero attached hydrogens (tertiary/aromatic N) is 2. The Hall–Kier alpha value is -2.67. The number of benzene rings is 1. The molecule has 0 spiro atoms. The lowest BCUT2D eigenvalue weighted by Gasteiger charge is -2.19. The third-order valence-electron chi connectivity index (χ3n) is 4.01. The number of likely N-dealkylation sites (N-methyl/N-ethyl adjacent to an activating group) is 1. The number of hydrogen-bond donors (Lipinski definition) is 3. The van der Waals surface area contributed by atoms with Crippen LogP contribution in [-0.4, -0.2) is 45.7 Å². The van der Waals surface area contributed by atoms with Crippen molar-refractivity contribution in [2.45, 2.75) is 33.4 Å². The maximum absolute atomic E-state index is 12.3. The first-order valence-electron chi connectivity index (χ1n) is 8.05. The number of aryl methyl sites for hydroxylation is 3. The van der Waals surface area contributed by atoms with Gasteiger partial charge in [0.1, 0.15) is 0 Å². The van der Waals surface area contributed by atoms with E-state index < -0.39 is 12.0 Å². The van der Waals surface area contributed by atoms with Gasteiger partial charge >= 0.3 is 5.97 Å². The summed E-state index contributed by atoms with van der Waals surface area (Å²) in [6.07, 6.45) is 0. The monoisotopic (exact) mass is 344 g/mol. The number of rotatable bonds is 7. The van der Waals surface area contributed by atoms with E-state index in [1.807, 2.05) is 43.1 Å². The zero-order valence-corrected chi connectivity index (χ0v) is 15.0. The van der Waals surface area contributed by atoms with Gasteiger partial charge in [0.25, 0.3) is 0 Å². The van der Waals surface area contributed by atoms with Crippen molar-refractivity contribution in [3.63, 3.8) is 0 Å². The standard InChI is InChI=1S/C18H24N4O3/c1-11-5-7-14(8-6-11)9-22(4)10-15(23)19-17(18(24)25)16-12(2)20-21-13(16)3/h5-8,17H,9-10H2,1-4H3,(H,19,23)(H,20,21)(H,24,25)/t17-/m0/s1. The zero-order valence-electron chi connectivity index (χ0n) is 15.0. The Kier molecular flexibility index (Phi) is 5.93. The molecule has 1 aromatic heterocycles. The van der Waals surface area contributed by atoms with Gasteiger partial charge in [-0.05, 0) is 33.4 Å². The molecule has 2 aromatic rings. The SMILES string of the molecule is Cc1ccc(CN(C)CC(=O)N[C@H](C(=O)O)c2c(C)n[nH]c2C)cc1. The van der Waals surface area contributed by atoms with Crippen molar-refractivity contribution in [1.82, 2.24) is 20.4 Å². The quantitative estimate of drug-likeness (QED) is 0.710. The summed E-state index contributed by atoms with van der Waals surface area (Å²) in [5, 5.41) is 18.8. The molecule has 3 N–H and O–H groups in total. The summed E-state index contributed by atoms with van der Waals surface area (Å²) in [6.45, 7) is 6.18. The second kappa shape index (κ2) is 7.94. The summed E-state index contributed by atoms with van der Waals surface area (Å²) in [5.41, 5.74) is 3.98. The number of carboxylic acids is 1. The topological polar surface area (TPSA) is 98.3 Å². The van der Waals surface area contributed by atoms with Gasteiger partial charge in [-0.1, -0.05) is 29.8 Å². The third-order valence-corrected chi connectivity index (χ3v) is 4.01. The van der Waals surface area contributed by atoms with E-state index in [2.05, 4.69) is 15.5 Å². The Balaban J connectivity index is 1.99. The molecular formula is C18H24N4O3. The molecule has 0 unspecified atom stereocenters. The maximum Gasteiger partial charge on any atom is 0.331 e. The summed E-state index contributed by atoms with van der Waals surface area (Å²) in [6, 6.07) is 6.96. The van der Waals surface area contributed by atoms with Crippen LogP contribution in [0.4, 0.5) is 0 Å². The lowest BCUT2D eigenvalue weighted by atomic mass is 10.1. The van der Waals surface area contributed by atoms with Gasteiger partial charge in [0.2, 0.25) is 5.91 Å². The number of nitrogens with one attached hydrogen (secondary N) is 2. The first-order chi connectivity index (χ1) is 11.8. The smallest absolute Gasteiger partial charge is 0.331 e. The molecule has 0 fully saturated rings. The molecule has 0 saturated heterocycles. The zero-order chi connectivity index (χ0) is 18.6. The van der Waals surface area contributed by atoms with E-state index >= 15 is 0 Å². The first kappa shape index (κ1) is 18.7. The molecule has 0 aliphatic rings. The number of amides is 1. The van der Waals surface area contributed by atoms with Crippen molar-refractivity contribution < 1.29 is 14.7 Å². The van der Waals surface area contributed by atoms with Crippen molar-refractivity contribution >= 4 is 11.9 Å². The van der Waals surface area contributed by atoms with Crippen molar-refractivity contribution in [2.24, 2.45) is 0 Å². The van der Waals surface area contributed by atoms with E-state index in [1.54, 1.807) is 13.8 Å². The fraction of sp³-hybridized carbons (Fsp3) is 0.389. The number of aliphatic carboxylic acids is 1. The number of aromatic nitrogens is 2. The van der Waals surface area contributed by atoms with Gasteiger partial charge < -0.3 is 10.4 Å². The summed E-state index contributed by atoms with van der Waals surface area (Å²) in [5.74, 6) is -1.45. The highest BCUT2D eigenvalue weighted by atomic mass is 16.4. The van der Waals surface area contributed by atoms with E-state index in [-0.39, 0.29) is 12.5 Å². The van der Waals surface area contributed by atoms with Crippen molar-refractivity contribution in [1.29, 1.82) is 0 Å². The molecule has 1 amide bonds. The van der Waals surface area contributed by atoms with E-state index in [0.717, 1.165) is 5.56 Å². The first-order valence-corrected chi connectivity index (χ1v) is 8.05. The number of hydrogen-bond acceptors (Lipinski definition) is 4. The average molecular weight is 344 g/mol. The van der Waals surface area contributed by atoms with E-state index in [1.165, 1.54) is 5.56 Å². The average Bonchev–Trinajstić information content (AvgIpc) is 2.86. The van der Waals surface area contributed by atoms with Crippen LogP contribution in [0.1, 0.15) is 34.1 Å². The van der Waals surface area contributed by atoms with Gasteiger partial charge in [0.15, 0.2) is 6.04 Å². The number of H-pyrrole nitrogens is 1. The van der Waals surface area contributed by atoms with Gasteiger partial charge in [0, 0.05) is 17.8 Å². The van der Waals surface area contributed by atoms with Crippen LogP contribution in [0.2, 0.25) is 0 Å². The fourth-order valence-corrected chi connectivity index (χ4v) is 2.76. The van der Waals surface area contributed by atoms with Gasteiger partial charge in [-0.25, -0.2) is 4.79 Å². The van der Waals surface area contributed by atoms with Crippen molar-refractivity contribution in [3.8, 4) is 0 Å². The van der Waals surface area contributed by atoms with Crippen LogP contribution in [0.3, 0.4) is 0 Å². The van der Waals surface area contributed by atoms with Crippen LogP contribution >= 0.6 is 0 Å². The third kappa shape index (κ3) is 4.90. The fourth-order valence-electron chi connectivity index (χ4n) is 2.76. The summed E-state index contributed by atoms with van der Waals surface area (Å²) >= 11 is 0. The van der Waals surface area contributed by atoms with Crippen molar-refractivity contribution in [3.05, 3.63) is 52.3 Å². The molecule has 134 valence electrons. The molecule has 7 heteroatoms. The molecule has 0 aliphatic carbocycles. The molecule has 25 heavy (non-hydrogen) atoms. The second-order valence-electron chi connectivity index (χ2n) is 6.34. The van der Waals surface area contributed by atoms with Crippen LogP contribution in [0.5, 0.6) is 0 Å². The van der Waals surface area contributed by atoms with Gasteiger partial charge in [-0.15, -0.1) is 0 Å². The molecule has 0 bridgehead atoms. The predicted octanol–water partition coefficient (Wildman–Crippen LogP) is 1.71. The molecule has 1 atom stereocenters. The largest absolute Gasteiger partial charge is 0.479 e. The second-order valence-corrected chi connectivity index (χ2v) is 6.34. The van der Waals surface area contributed by atoms with Crippen LogP contribution in [0.15, 0.2) is 24.3 Å². The minimum absolute atomic E-state index is 0.105. The molecule has 1 heterocycles. The highest BCUT2D eigenvalue weighted by Gasteiger charge is 2.27. The van der Waals surface area contributed by atoms with E-state index in [9.17, 15) is 14.7 Å². The Morgan fingerprint density at radius 1 is 1.24 bits per heavy atom. The molecule has 0 radical (unpaired) electrons. The molecule has 1 aromatic carbocycles. The lowest BCUT2D eigenvalue weighted by Crippen LogP contribution is -2.40.